The van der Waals surface area contributed by atoms with Gasteiger partial charge in [-0.25, -0.2) is 4.79 Å². The van der Waals surface area contributed by atoms with Crippen LogP contribution in [0.1, 0.15) is 25.7 Å². The number of hydrogen-bond donors (Lipinski definition) is 1. The zero-order chi connectivity index (χ0) is 16.3. The summed E-state index contributed by atoms with van der Waals surface area (Å²) in [7, 11) is 0. The van der Waals surface area contributed by atoms with Crippen LogP contribution in [0.5, 0.6) is 5.75 Å². The third-order valence-corrected chi connectivity index (χ3v) is 5.08. The lowest BCUT2D eigenvalue weighted by Crippen LogP contribution is -2.55. The van der Waals surface area contributed by atoms with Gasteiger partial charge in [0.05, 0.1) is 0 Å². The highest BCUT2D eigenvalue weighted by molar-refractivity contribution is 6.30. The van der Waals surface area contributed by atoms with E-state index in [0.29, 0.717) is 29.7 Å². The maximum atomic E-state index is 11.8. The van der Waals surface area contributed by atoms with Gasteiger partial charge in [-0.05, 0) is 37.1 Å². The molecule has 126 valence electrons. The molecule has 0 unspecified atom stereocenters. The molecule has 0 atom stereocenters. The van der Waals surface area contributed by atoms with Crippen molar-refractivity contribution in [2.24, 2.45) is 0 Å². The molecular formula is C17H22ClNO4. The molecule has 1 N–H and O–H groups in total. The molecule has 0 saturated carbocycles. The Kier molecular flexibility index (Phi) is 5.09. The van der Waals surface area contributed by atoms with E-state index in [1.807, 2.05) is 0 Å². The highest BCUT2D eigenvalue weighted by atomic mass is 35.5. The number of rotatable bonds is 4. The summed E-state index contributed by atoms with van der Waals surface area (Å²) < 4.78 is 11.3. The highest BCUT2D eigenvalue weighted by Crippen LogP contribution is 2.31. The van der Waals surface area contributed by atoms with E-state index in [0.717, 1.165) is 39.1 Å². The predicted octanol–water partition coefficient (Wildman–Crippen LogP) is 2.82. The first-order valence-electron chi connectivity index (χ1n) is 8.09. The largest absolute Gasteiger partial charge is 0.478 e. The van der Waals surface area contributed by atoms with E-state index in [1.54, 1.807) is 24.3 Å². The Hall–Kier alpha value is -1.30. The number of halogens is 1. The molecule has 0 amide bonds. The lowest BCUT2D eigenvalue weighted by molar-refractivity contribution is -0.160. The Labute approximate surface area is 141 Å². The second-order valence-corrected chi connectivity index (χ2v) is 6.67. The van der Waals surface area contributed by atoms with Crippen LogP contribution >= 0.6 is 11.6 Å². The van der Waals surface area contributed by atoms with Gasteiger partial charge in [-0.3, -0.25) is 4.90 Å². The van der Waals surface area contributed by atoms with Crippen LogP contribution in [-0.4, -0.2) is 53.9 Å². The number of ether oxygens (including phenoxy) is 2. The average molecular weight is 340 g/mol. The van der Waals surface area contributed by atoms with E-state index in [2.05, 4.69) is 4.90 Å². The van der Waals surface area contributed by atoms with Crippen LogP contribution in [0.3, 0.4) is 0 Å². The van der Waals surface area contributed by atoms with Crippen molar-refractivity contribution >= 4 is 17.6 Å². The molecule has 0 aliphatic carbocycles. The van der Waals surface area contributed by atoms with Crippen molar-refractivity contribution in [1.82, 2.24) is 4.90 Å². The number of carbonyl (C=O) groups is 1. The van der Waals surface area contributed by atoms with Gasteiger partial charge in [-0.15, -0.1) is 0 Å². The van der Waals surface area contributed by atoms with Crippen molar-refractivity contribution in [3.05, 3.63) is 29.3 Å². The number of piperidine rings is 1. The van der Waals surface area contributed by atoms with Gasteiger partial charge >= 0.3 is 5.97 Å². The number of benzene rings is 1. The Balaban J connectivity index is 1.66. The first-order valence-corrected chi connectivity index (χ1v) is 8.47. The molecule has 2 saturated heterocycles. The molecule has 6 heteroatoms. The molecule has 2 aliphatic rings. The summed E-state index contributed by atoms with van der Waals surface area (Å²) in [6.45, 7) is 3.08. The van der Waals surface area contributed by atoms with Crippen LogP contribution in [0.4, 0.5) is 0 Å². The average Bonchev–Trinajstić information content (AvgIpc) is 2.58. The van der Waals surface area contributed by atoms with E-state index in [9.17, 15) is 9.90 Å². The van der Waals surface area contributed by atoms with Crippen LogP contribution in [0.15, 0.2) is 24.3 Å². The normalized spacial score (nSPS) is 22.7. The number of nitrogens with zero attached hydrogens (tertiary/aromatic N) is 1. The van der Waals surface area contributed by atoms with Crippen molar-refractivity contribution in [1.29, 1.82) is 0 Å². The number of likely N-dealkylation sites (tertiary alicyclic amines) is 1. The van der Waals surface area contributed by atoms with Crippen LogP contribution in [0, 0.1) is 0 Å². The van der Waals surface area contributed by atoms with Gasteiger partial charge in [-0.1, -0.05) is 11.6 Å². The molecular weight excluding hydrogens is 318 g/mol. The molecule has 1 aromatic rings. The fraction of sp³-hybridized carbons (Fsp3) is 0.588. The van der Waals surface area contributed by atoms with E-state index >= 15 is 0 Å². The standard InChI is InChI=1S/C17H22ClNO4/c18-13-1-3-15(4-2-13)23-17(16(20)21)7-9-19(10-8-17)14-5-11-22-12-6-14/h1-4,14H,5-12H2,(H,20,21). The Morgan fingerprint density at radius 1 is 1.22 bits per heavy atom. The summed E-state index contributed by atoms with van der Waals surface area (Å²) in [5.74, 6) is -0.338. The second kappa shape index (κ2) is 7.07. The van der Waals surface area contributed by atoms with Gasteiger partial charge in [0.25, 0.3) is 0 Å². The third-order valence-electron chi connectivity index (χ3n) is 4.83. The van der Waals surface area contributed by atoms with Gasteiger partial charge in [0, 0.05) is 50.2 Å². The smallest absolute Gasteiger partial charge is 0.348 e. The van der Waals surface area contributed by atoms with Gasteiger partial charge < -0.3 is 14.6 Å². The molecule has 2 fully saturated rings. The molecule has 0 aromatic heterocycles. The summed E-state index contributed by atoms with van der Waals surface area (Å²) >= 11 is 5.87. The first-order chi connectivity index (χ1) is 11.1. The summed E-state index contributed by atoms with van der Waals surface area (Å²) in [6.07, 6.45) is 3.03. The minimum absolute atomic E-state index is 0.488. The molecule has 0 radical (unpaired) electrons. The number of hydrogen-bond acceptors (Lipinski definition) is 4. The molecule has 23 heavy (non-hydrogen) atoms. The molecule has 0 bridgehead atoms. The molecule has 5 nitrogen and oxygen atoms in total. The Bertz CT molecular complexity index is 534. The fourth-order valence-electron chi connectivity index (χ4n) is 3.39. The maximum Gasteiger partial charge on any atom is 0.348 e. The van der Waals surface area contributed by atoms with Gasteiger partial charge in [0.2, 0.25) is 5.60 Å². The third kappa shape index (κ3) is 3.79. The fourth-order valence-corrected chi connectivity index (χ4v) is 3.51. The maximum absolute atomic E-state index is 11.8. The minimum atomic E-state index is -1.14. The van der Waals surface area contributed by atoms with Crippen LogP contribution in [0.25, 0.3) is 0 Å². The SMILES string of the molecule is O=C(O)C1(Oc2ccc(Cl)cc2)CCN(C2CCOCC2)CC1. The Morgan fingerprint density at radius 2 is 1.83 bits per heavy atom. The van der Waals surface area contributed by atoms with Gasteiger partial charge in [0.15, 0.2) is 0 Å². The monoisotopic (exact) mass is 339 g/mol. The number of aliphatic carboxylic acids is 1. The Morgan fingerprint density at radius 3 is 2.39 bits per heavy atom. The summed E-state index contributed by atoms with van der Waals surface area (Å²) in [4.78, 5) is 14.2. The van der Waals surface area contributed by atoms with Crippen molar-refractivity contribution < 1.29 is 19.4 Å². The quantitative estimate of drug-likeness (QED) is 0.914. The van der Waals surface area contributed by atoms with E-state index in [4.69, 9.17) is 21.1 Å². The lowest BCUT2D eigenvalue weighted by atomic mass is 9.89. The lowest BCUT2D eigenvalue weighted by Gasteiger charge is -2.43. The van der Waals surface area contributed by atoms with Crippen molar-refractivity contribution in [2.75, 3.05) is 26.3 Å². The zero-order valence-electron chi connectivity index (χ0n) is 13.0. The predicted molar refractivity (Wildman–Crippen MR) is 87.1 cm³/mol. The molecule has 3 rings (SSSR count). The molecule has 0 spiro atoms. The van der Waals surface area contributed by atoms with E-state index in [-0.39, 0.29) is 0 Å². The van der Waals surface area contributed by atoms with Crippen LogP contribution in [-0.2, 0) is 9.53 Å². The van der Waals surface area contributed by atoms with E-state index < -0.39 is 11.6 Å². The molecule has 1 aromatic carbocycles. The van der Waals surface area contributed by atoms with Crippen molar-refractivity contribution in [3.8, 4) is 5.75 Å². The van der Waals surface area contributed by atoms with Crippen LogP contribution < -0.4 is 4.74 Å². The summed E-state index contributed by atoms with van der Waals surface area (Å²) in [5.41, 5.74) is -1.14. The minimum Gasteiger partial charge on any atom is -0.478 e. The van der Waals surface area contributed by atoms with Crippen molar-refractivity contribution in [3.63, 3.8) is 0 Å². The first kappa shape index (κ1) is 16.6. The number of carboxylic acid groups (broad SMARTS) is 1. The van der Waals surface area contributed by atoms with Crippen molar-refractivity contribution in [2.45, 2.75) is 37.3 Å². The van der Waals surface area contributed by atoms with E-state index in [1.165, 1.54) is 0 Å². The summed E-state index contributed by atoms with van der Waals surface area (Å²) in [5, 5.41) is 10.3. The molecule has 2 aliphatic heterocycles. The molecule has 2 heterocycles. The summed E-state index contributed by atoms with van der Waals surface area (Å²) in [6, 6.07) is 7.37. The topological polar surface area (TPSA) is 59.0 Å². The van der Waals surface area contributed by atoms with Crippen LogP contribution in [0.2, 0.25) is 5.02 Å². The second-order valence-electron chi connectivity index (χ2n) is 6.23. The highest BCUT2D eigenvalue weighted by Gasteiger charge is 2.45. The zero-order valence-corrected chi connectivity index (χ0v) is 13.8. The van der Waals surface area contributed by atoms with Gasteiger partial charge in [0.1, 0.15) is 5.75 Å². The van der Waals surface area contributed by atoms with Gasteiger partial charge in [-0.2, -0.15) is 0 Å². The number of carboxylic acids is 1.